The number of nitrogens with one attached hydrogen (secondary N) is 1. The quantitative estimate of drug-likeness (QED) is 0.455. The number of rotatable bonds is 12. The molecule has 3 rings (SSSR count). The molecule has 1 N–H and O–H groups in total. The molecule has 1 saturated heterocycles. The van der Waals surface area contributed by atoms with Crippen LogP contribution in [0, 0.1) is 0 Å². The second-order valence-corrected chi connectivity index (χ2v) is 10.1. The normalized spacial score (nSPS) is 18.5. The summed E-state index contributed by atoms with van der Waals surface area (Å²) in [5.74, 6) is 0.748. The number of methoxy groups -OCH3 is 3. The van der Waals surface area contributed by atoms with Crippen LogP contribution in [0.2, 0.25) is 5.02 Å². The van der Waals surface area contributed by atoms with Gasteiger partial charge in [-0.15, -0.1) is 10.2 Å². The summed E-state index contributed by atoms with van der Waals surface area (Å²) >= 11 is 5.85. The van der Waals surface area contributed by atoms with E-state index >= 15 is 0 Å². The topological polar surface area (TPSA) is 140 Å². The summed E-state index contributed by atoms with van der Waals surface area (Å²) in [5, 5.41) is 7.63. The van der Waals surface area contributed by atoms with Gasteiger partial charge < -0.3 is 18.9 Å². The minimum absolute atomic E-state index is 0.0401. The standard InChI is InChI=1S/C19H29ClN6O6S/c1-12(16(31-4)17-21-8-13(20)9-22-17)33(27,28)25-19-24-23-18(15-6-5-7-32-15)26(19)14(10-29-2)11-30-3/h8-9,12,14-16H,5-7,10-11H2,1-4H3,(H,24,25)/t12?,15-,16?/m0/s1. The lowest BCUT2D eigenvalue weighted by Crippen LogP contribution is -2.34. The molecule has 0 saturated carbocycles. The molecule has 0 bridgehead atoms. The number of nitrogens with zero attached hydrogens (tertiary/aromatic N) is 5. The van der Waals surface area contributed by atoms with E-state index in [0.717, 1.165) is 12.8 Å². The average Bonchev–Trinajstić information content (AvgIpc) is 3.45. The Morgan fingerprint density at radius 1 is 1.21 bits per heavy atom. The van der Waals surface area contributed by atoms with Crippen LogP contribution in [0.25, 0.3) is 0 Å². The van der Waals surface area contributed by atoms with Crippen molar-refractivity contribution in [3.63, 3.8) is 0 Å². The molecule has 33 heavy (non-hydrogen) atoms. The van der Waals surface area contributed by atoms with Crippen molar-refractivity contribution in [1.82, 2.24) is 24.7 Å². The molecule has 0 aromatic carbocycles. The summed E-state index contributed by atoms with van der Waals surface area (Å²) in [6.07, 6.45) is 3.17. The molecular weight excluding hydrogens is 476 g/mol. The molecule has 2 aromatic heterocycles. The molecule has 3 heterocycles. The van der Waals surface area contributed by atoms with Gasteiger partial charge in [0.05, 0.1) is 24.3 Å². The SMILES string of the molecule is COCC(COC)n1c(NS(=O)(=O)C(C)C(OC)c2ncc(Cl)cn2)nnc1[C@@H]1CCCO1. The monoisotopic (exact) mass is 504 g/mol. The molecule has 14 heteroatoms. The van der Waals surface area contributed by atoms with Gasteiger partial charge in [-0.05, 0) is 19.8 Å². The van der Waals surface area contributed by atoms with Gasteiger partial charge in [0.25, 0.3) is 0 Å². The molecule has 0 amide bonds. The molecule has 0 spiro atoms. The second-order valence-electron chi connectivity index (χ2n) is 7.59. The van der Waals surface area contributed by atoms with Gasteiger partial charge in [0.2, 0.25) is 16.0 Å². The maximum atomic E-state index is 13.3. The van der Waals surface area contributed by atoms with Gasteiger partial charge in [-0.2, -0.15) is 0 Å². The highest BCUT2D eigenvalue weighted by atomic mass is 35.5. The van der Waals surface area contributed by atoms with Gasteiger partial charge in [-0.3, -0.25) is 9.29 Å². The van der Waals surface area contributed by atoms with E-state index in [2.05, 4.69) is 24.9 Å². The van der Waals surface area contributed by atoms with Crippen molar-refractivity contribution in [3.05, 3.63) is 29.1 Å². The summed E-state index contributed by atoms with van der Waals surface area (Å²) in [6, 6.07) is -0.375. The average molecular weight is 505 g/mol. The van der Waals surface area contributed by atoms with Crippen molar-refractivity contribution in [2.24, 2.45) is 0 Å². The fourth-order valence-electron chi connectivity index (χ4n) is 3.67. The molecule has 1 fully saturated rings. The minimum Gasteiger partial charge on any atom is -0.382 e. The van der Waals surface area contributed by atoms with E-state index in [9.17, 15) is 8.42 Å². The predicted molar refractivity (Wildman–Crippen MR) is 120 cm³/mol. The zero-order valence-electron chi connectivity index (χ0n) is 19.0. The summed E-state index contributed by atoms with van der Waals surface area (Å²) in [6.45, 7) is 2.62. The number of halogens is 1. The predicted octanol–water partition coefficient (Wildman–Crippen LogP) is 1.92. The van der Waals surface area contributed by atoms with E-state index in [-0.39, 0.29) is 37.1 Å². The van der Waals surface area contributed by atoms with Gasteiger partial charge in [-0.25, -0.2) is 18.4 Å². The van der Waals surface area contributed by atoms with Crippen molar-refractivity contribution in [3.8, 4) is 0 Å². The maximum Gasteiger partial charge on any atom is 0.240 e. The Labute approximate surface area is 198 Å². The van der Waals surface area contributed by atoms with E-state index in [0.29, 0.717) is 17.5 Å². The lowest BCUT2D eigenvalue weighted by molar-refractivity contribution is 0.0727. The molecule has 0 radical (unpaired) electrons. The Kier molecular flexibility index (Phi) is 8.95. The van der Waals surface area contributed by atoms with Crippen LogP contribution >= 0.6 is 11.6 Å². The van der Waals surface area contributed by atoms with Crippen LogP contribution in [-0.4, -0.2) is 79.6 Å². The smallest absolute Gasteiger partial charge is 0.240 e. The zero-order chi connectivity index (χ0) is 24.0. The Hall–Kier alpha value is -1.90. The van der Waals surface area contributed by atoms with E-state index in [1.54, 1.807) is 18.8 Å². The lowest BCUT2D eigenvalue weighted by Gasteiger charge is -2.25. The number of hydrogen-bond donors (Lipinski definition) is 1. The van der Waals surface area contributed by atoms with Crippen LogP contribution in [0.3, 0.4) is 0 Å². The molecule has 0 aliphatic carbocycles. The zero-order valence-corrected chi connectivity index (χ0v) is 20.5. The number of hydrogen-bond acceptors (Lipinski definition) is 10. The third-order valence-corrected chi connectivity index (χ3v) is 7.21. The first-order chi connectivity index (χ1) is 15.8. The summed E-state index contributed by atoms with van der Waals surface area (Å²) in [5.41, 5.74) is 0. The number of sulfonamides is 1. The fraction of sp³-hybridized carbons (Fsp3) is 0.684. The van der Waals surface area contributed by atoms with Crippen LogP contribution < -0.4 is 4.72 Å². The second kappa shape index (κ2) is 11.5. The van der Waals surface area contributed by atoms with E-state index in [1.807, 2.05) is 0 Å². The number of aromatic nitrogens is 5. The van der Waals surface area contributed by atoms with Crippen molar-refractivity contribution in [2.45, 2.75) is 43.3 Å². The molecule has 1 aliphatic heterocycles. The maximum absolute atomic E-state index is 13.3. The molecule has 184 valence electrons. The van der Waals surface area contributed by atoms with Crippen LogP contribution in [0.15, 0.2) is 12.4 Å². The molecular formula is C19H29ClN6O6S. The van der Waals surface area contributed by atoms with Gasteiger partial charge in [0, 0.05) is 40.3 Å². The molecule has 3 atom stereocenters. The van der Waals surface area contributed by atoms with Gasteiger partial charge in [0.15, 0.2) is 11.6 Å². The van der Waals surface area contributed by atoms with Crippen molar-refractivity contribution >= 4 is 27.6 Å². The van der Waals surface area contributed by atoms with Crippen LogP contribution in [0.1, 0.15) is 49.7 Å². The first-order valence-corrected chi connectivity index (χ1v) is 12.3. The fourth-order valence-corrected chi connectivity index (χ4v) is 4.91. The minimum atomic E-state index is -4.01. The third-order valence-electron chi connectivity index (χ3n) is 5.32. The third kappa shape index (κ3) is 5.97. The van der Waals surface area contributed by atoms with E-state index in [4.69, 9.17) is 30.5 Å². The van der Waals surface area contributed by atoms with Gasteiger partial charge in [-0.1, -0.05) is 11.6 Å². The Morgan fingerprint density at radius 3 is 2.42 bits per heavy atom. The highest BCUT2D eigenvalue weighted by Crippen LogP contribution is 2.32. The van der Waals surface area contributed by atoms with Crippen molar-refractivity contribution < 1.29 is 27.4 Å². The summed E-state index contributed by atoms with van der Waals surface area (Å²) < 4.78 is 52.7. The Bertz CT molecular complexity index is 993. The summed E-state index contributed by atoms with van der Waals surface area (Å²) in [4.78, 5) is 8.20. The molecule has 1 aliphatic rings. The van der Waals surface area contributed by atoms with Gasteiger partial charge in [0.1, 0.15) is 17.5 Å². The van der Waals surface area contributed by atoms with Crippen LogP contribution in [-0.2, 0) is 29.0 Å². The van der Waals surface area contributed by atoms with Gasteiger partial charge >= 0.3 is 0 Å². The van der Waals surface area contributed by atoms with Crippen molar-refractivity contribution in [1.29, 1.82) is 0 Å². The Morgan fingerprint density at radius 2 is 1.88 bits per heavy atom. The number of anilines is 1. The largest absolute Gasteiger partial charge is 0.382 e. The van der Waals surface area contributed by atoms with Crippen LogP contribution in [0.4, 0.5) is 5.95 Å². The summed E-state index contributed by atoms with van der Waals surface area (Å²) in [7, 11) is 0.487. The lowest BCUT2D eigenvalue weighted by atomic mass is 10.2. The molecule has 2 unspecified atom stereocenters. The van der Waals surface area contributed by atoms with Crippen LogP contribution in [0.5, 0.6) is 0 Å². The number of ether oxygens (including phenoxy) is 4. The van der Waals surface area contributed by atoms with Crippen molar-refractivity contribution in [2.75, 3.05) is 45.9 Å². The highest BCUT2D eigenvalue weighted by molar-refractivity contribution is 7.93. The Balaban J connectivity index is 1.93. The first-order valence-electron chi connectivity index (χ1n) is 10.4. The van der Waals surface area contributed by atoms with E-state index < -0.39 is 21.4 Å². The first kappa shape index (κ1) is 25.7. The van der Waals surface area contributed by atoms with E-state index in [1.165, 1.54) is 26.4 Å². The molecule has 12 nitrogen and oxygen atoms in total. The molecule has 2 aromatic rings. The highest BCUT2D eigenvalue weighted by Gasteiger charge is 2.36.